The predicted molar refractivity (Wildman–Crippen MR) is 110 cm³/mol. The fourth-order valence-electron chi connectivity index (χ4n) is 5.79. The standard InChI is InChI=1S/C23H31N3O2/c27-22-18-10-3-4-11-19(18)24-21(26(22)17-8-1-2-9-17)20-12-7-15-25(20)16-23(28)13-5-6-14-23/h3-4,10-11,17,20,28H,1-2,5-9,12-16H2. The zero-order valence-corrected chi connectivity index (χ0v) is 16.6. The SMILES string of the molecule is O=c1c2ccccc2nc(C2CCCN2CC2(O)CCCC2)n1C1CCCC1. The molecule has 2 saturated carbocycles. The summed E-state index contributed by atoms with van der Waals surface area (Å²) in [6.07, 6.45) is 10.7. The van der Waals surface area contributed by atoms with Gasteiger partial charge >= 0.3 is 0 Å². The summed E-state index contributed by atoms with van der Waals surface area (Å²) >= 11 is 0. The van der Waals surface area contributed by atoms with E-state index in [0.717, 1.165) is 74.6 Å². The van der Waals surface area contributed by atoms with Gasteiger partial charge in [-0.1, -0.05) is 37.8 Å². The molecule has 5 heteroatoms. The zero-order chi connectivity index (χ0) is 19.1. The van der Waals surface area contributed by atoms with Crippen molar-refractivity contribution >= 4 is 10.9 Å². The van der Waals surface area contributed by atoms with Gasteiger partial charge in [0.1, 0.15) is 5.82 Å². The van der Waals surface area contributed by atoms with Crippen molar-refractivity contribution in [1.82, 2.24) is 14.5 Å². The van der Waals surface area contributed by atoms with Crippen molar-refractivity contribution in [2.75, 3.05) is 13.1 Å². The fourth-order valence-corrected chi connectivity index (χ4v) is 5.79. The topological polar surface area (TPSA) is 58.4 Å². The third-order valence-corrected chi connectivity index (χ3v) is 7.22. The Bertz CT molecular complexity index is 910. The highest BCUT2D eigenvalue weighted by molar-refractivity contribution is 5.77. The van der Waals surface area contributed by atoms with E-state index in [1.165, 1.54) is 12.8 Å². The molecular formula is C23H31N3O2. The van der Waals surface area contributed by atoms with Crippen molar-refractivity contribution in [3.8, 4) is 0 Å². The summed E-state index contributed by atoms with van der Waals surface area (Å²) in [5.41, 5.74) is 0.375. The quantitative estimate of drug-likeness (QED) is 0.871. The van der Waals surface area contributed by atoms with Crippen LogP contribution >= 0.6 is 0 Å². The van der Waals surface area contributed by atoms with Gasteiger partial charge in [-0.05, 0) is 57.2 Å². The van der Waals surface area contributed by atoms with E-state index in [0.29, 0.717) is 6.54 Å². The van der Waals surface area contributed by atoms with E-state index in [9.17, 15) is 9.90 Å². The predicted octanol–water partition coefficient (Wildman–Crippen LogP) is 3.95. The molecule has 0 radical (unpaired) electrons. The fraction of sp³-hybridized carbons (Fsp3) is 0.652. The Kier molecular flexibility index (Phi) is 4.76. The van der Waals surface area contributed by atoms with Crippen LogP contribution in [0.15, 0.2) is 29.1 Å². The van der Waals surface area contributed by atoms with Crippen molar-refractivity contribution in [3.05, 3.63) is 40.4 Å². The van der Waals surface area contributed by atoms with Crippen LogP contribution in [0.4, 0.5) is 0 Å². The Labute approximate surface area is 166 Å². The number of para-hydroxylation sites is 1. The third-order valence-electron chi connectivity index (χ3n) is 7.22. The molecule has 3 fully saturated rings. The highest BCUT2D eigenvalue weighted by Crippen LogP contribution is 2.39. The van der Waals surface area contributed by atoms with Gasteiger partial charge in [0, 0.05) is 12.6 Å². The van der Waals surface area contributed by atoms with Crippen LogP contribution in [-0.2, 0) is 0 Å². The second kappa shape index (κ2) is 7.27. The molecular weight excluding hydrogens is 350 g/mol. The van der Waals surface area contributed by atoms with Crippen LogP contribution in [0.5, 0.6) is 0 Å². The first-order valence-electron chi connectivity index (χ1n) is 11.1. The van der Waals surface area contributed by atoms with E-state index >= 15 is 0 Å². The van der Waals surface area contributed by atoms with E-state index in [1.54, 1.807) is 0 Å². The number of fused-ring (bicyclic) bond motifs is 1. The Balaban J connectivity index is 1.58. The summed E-state index contributed by atoms with van der Waals surface area (Å²) in [6, 6.07) is 8.18. The van der Waals surface area contributed by atoms with Crippen LogP contribution in [0.3, 0.4) is 0 Å². The molecule has 2 aliphatic carbocycles. The summed E-state index contributed by atoms with van der Waals surface area (Å²) in [6.45, 7) is 1.70. The van der Waals surface area contributed by atoms with Crippen LogP contribution in [0.2, 0.25) is 0 Å². The number of aromatic nitrogens is 2. The highest BCUT2D eigenvalue weighted by atomic mass is 16.3. The Hall–Kier alpha value is -1.72. The molecule has 0 spiro atoms. The van der Waals surface area contributed by atoms with Crippen LogP contribution < -0.4 is 5.56 Å². The van der Waals surface area contributed by atoms with Gasteiger partial charge in [-0.15, -0.1) is 0 Å². The molecule has 1 saturated heterocycles. The Morgan fingerprint density at radius 3 is 2.57 bits per heavy atom. The molecule has 5 nitrogen and oxygen atoms in total. The minimum Gasteiger partial charge on any atom is -0.389 e. The average molecular weight is 382 g/mol. The molecule has 3 aliphatic rings. The lowest BCUT2D eigenvalue weighted by molar-refractivity contribution is 0.00407. The molecule has 150 valence electrons. The second-order valence-corrected chi connectivity index (χ2v) is 9.16. The number of likely N-dealkylation sites (tertiary alicyclic amines) is 1. The molecule has 1 aromatic carbocycles. The number of nitrogens with zero attached hydrogens (tertiary/aromatic N) is 3. The molecule has 1 N–H and O–H groups in total. The number of β-amino-alcohol motifs (C(OH)–C–C–N with tert-alkyl or cyclic N) is 1. The summed E-state index contributed by atoms with van der Waals surface area (Å²) in [4.78, 5) is 20.9. The average Bonchev–Trinajstić information content (AvgIpc) is 3.44. The maximum atomic E-state index is 13.5. The van der Waals surface area contributed by atoms with Gasteiger partial charge in [0.2, 0.25) is 0 Å². The molecule has 5 rings (SSSR count). The van der Waals surface area contributed by atoms with Gasteiger partial charge in [0.15, 0.2) is 0 Å². The lowest BCUT2D eigenvalue weighted by atomic mass is 10.0. The van der Waals surface area contributed by atoms with Crippen molar-refractivity contribution in [2.24, 2.45) is 0 Å². The van der Waals surface area contributed by atoms with Crippen molar-refractivity contribution in [1.29, 1.82) is 0 Å². The van der Waals surface area contributed by atoms with Gasteiger partial charge in [-0.25, -0.2) is 4.98 Å². The molecule has 0 bridgehead atoms. The number of rotatable bonds is 4. The van der Waals surface area contributed by atoms with Gasteiger partial charge in [0.25, 0.3) is 5.56 Å². The lowest BCUT2D eigenvalue weighted by Gasteiger charge is -2.33. The third kappa shape index (κ3) is 3.18. The Morgan fingerprint density at radius 1 is 1.04 bits per heavy atom. The second-order valence-electron chi connectivity index (χ2n) is 9.16. The number of benzene rings is 1. The van der Waals surface area contributed by atoms with Crippen molar-refractivity contribution in [3.63, 3.8) is 0 Å². The number of hydrogen-bond donors (Lipinski definition) is 1. The van der Waals surface area contributed by atoms with Crippen LogP contribution in [0, 0.1) is 0 Å². The molecule has 2 heterocycles. The first-order chi connectivity index (χ1) is 13.6. The van der Waals surface area contributed by atoms with Gasteiger partial charge in [-0.2, -0.15) is 0 Å². The summed E-state index contributed by atoms with van der Waals surface area (Å²) < 4.78 is 2.04. The van der Waals surface area contributed by atoms with Gasteiger partial charge < -0.3 is 5.11 Å². The van der Waals surface area contributed by atoms with Gasteiger partial charge in [0.05, 0.1) is 22.5 Å². The van der Waals surface area contributed by atoms with E-state index in [1.807, 2.05) is 28.8 Å². The molecule has 1 aromatic heterocycles. The number of hydrogen-bond acceptors (Lipinski definition) is 4. The normalized spacial score (nSPS) is 25.8. The van der Waals surface area contributed by atoms with Crippen LogP contribution in [0.1, 0.15) is 82.1 Å². The van der Waals surface area contributed by atoms with E-state index in [2.05, 4.69) is 4.90 Å². The molecule has 1 unspecified atom stereocenters. The maximum absolute atomic E-state index is 13.5. The van der Waals surface area contributed by atoms with Crippen molar-refractivity contribution < 1.29 is 5.11 Å². The maximum Gasteiger partial charge on any atom is 0.261 e. The van der Waals surface area contributed by atoms with E-state index in [-0.39, 0.29) is 17.6 Å². The minimum absolute atomic E-state index is 0.124. The number of aliphatic hydroxyl groups is 1. The first kappa shape index (κ1) is 18.3. The monoisotopic (exact) mass is 381 g/mol. The molecule has 28 heavy (non-hydrogen) atoms. The first-order valence-corrected chi connectivity index (χ1v) is 11.1. The summed E-state index contributed by atoms with van der Waals surface area (Å²) in [7, 11) is 0. The van der Waals surface area contributed by atoms with Crippen LogP contribution in [-0.4, -0.2) is 38.2 Å². The smallest absolute Gasteiger partial charge is 0.261 e. The molecule has 1 aliphatic heterocycles. The highest BCUT2D eigenvalue weighted by Gasteiger charge is 2.39. The zero-order valence-electron chi connectivity index (χ0n) is 16.6. The lowest BCUT2D eigenvalue weighted by Crippen LogP contribution is -2.42. The molecule has 0 amide bonds. The van der Waals surface area contributed by atoms with E-state index in [4.69, 9.17) is 4.98 Å². The van der Waals surface area contributed by atoms with E-state index < -0.39 is 5.60 Å². The summed E-state index contributed by atoms with van der Waals surface area (Å²) in [5.74, 6) is 0.940. The van der Waals surface area contributed by atoms with Crippen molar-refractivity contribution in [2.45, 2.75) is 81.9 Å². The minimum atomic E-state index is -0.558. The summed E-state index contributed by atoms with van der Waals surface area (Å²) in [5, 5.41) is 11.7. The Morgan fingerprint density at radius 2 is 1.79 bits per heavy atom. The largest absolute Gasteiger partial charge is 0.389 e. The molecule has 2 aromatic rings. The molecule has 1 atom stereocenters. The van der Waals surface area contributed by atoms with Gasteiger partial charge in [-0.3, -0.25) is 14.3 Å². The van der Waals surface area contributed by atoms with Crippen LogP contribution in [0.25, 0.3) is 10.9 Å².